The van der Waals surface area contributed by atoms with E-state index < -0.39 is 27.9 Å². The number of rotatable bonds is 6. The second-order valence-corrected chi connectivity index (χ2v) is 5.66. The lowest BCUT2D eigenvalue weighted by Gasteiger charge is -2.13. The number of sulfonamides is 1. The molecule has 1 aromatic rings. The van der Waals surface area contributed by atoms with Crippen molar-refractivity contribution in [1.82, 2.24) is 4.72 Å². The van der Waals surface area contributed by atoms with Crippen molar-refractivity contribution in [2.24, 2.45) is 0 Å². The van der Waals surface area contributed by atoms with Crippen LogP contribution in [-0.4, -0.2) is 25.5 Å². The van der Waals surface area contributed by atoms with Crippen LogP contribution >= 0.6 is 0 Å². The quantitative estimate of drug-likeness (QED) is 0.775. The molecule has 0 aliphatic heterocycles. The summed E-state index contributed by atoms with van der Waals surface area (Å²) in [5.41, 5.74) is 0.305. The first-order valence-corrected chi connectivity index (χ1v) is 6.88. The van der Waals surface area contributed by atoms with Crippen molar-refractivity contribution in [2.75, 3.05) is 0 Å². The first-order chi connectivity index (χ1) is 8.77. The Balaban J connectivity index is 3.06. The third kappa shape index (κ3) is 3.87. The molecule has 0 bridgehead atoms. The molecule has 104 valence electrons. The summed E-state index contributed by atoms with van der Waals surface area (Å²) in [5, 5.41) is 8.86. The van der Waals surface area contributed by atoms with Crippen LogP contribution in [0.2, 0.25) is 0 Å². The predicted molar refractivity (Wildman–Crippen MR) is 67.7 cm³/mol. The van der Waals surface area contributed by atoms with Crippen LogP contribution in [0.1, 0.15) is 12.0 Å². The number of benzene rings is 1. The topological polar surface area (TPSA) is 83.5 Å². The zero-order valence-corrected chi connectivity index (χ0v) is 11.1. The molecule has 0 aliphatic carbocycles. The number of carbonyl (C=O) groups is 1. The van der Waals surface area contributed by atoms with Crippen molar-refractivity contribution in [1.29, 1.82) is 0 Å². The zero-order valence-electron chi connectivity index (χ0n) is 10.3. The van der Waals surface area contributed by atoms with Crippen molar-refractivity contribution in [3.8, 4) is 0 Å². The van der Waals surface area contributed by atoms with E-state index in [1.54, 1.807) is 0 Å². The van der Waals surface area contributed by atoms with Crippen LogP contribution in [0.3, 0.4) is 0 Å². The van der Waals surface area contributed by atoms with E-state index in [0.717, 1.165) is 6.07 Å². The Morgan fingerprint density at radius 2 is 2.21 bits per heavy atom. The van der Waals surface area contributed by atoms with E-state index in [9.17, 15) is 17.6 Å². The molecule has 7 heteroatoms. The van der Waals surface area contributed by atoms with E-state index in [2.05, 4.69) is 6.58 Å². The highest BCUT2D eigenvalue weighted by Gasteiger charge is 2.24. The van der Waals surface area contributed by atoms with Crippen LogP contribution in [-0.2, 0) is 14.8 Å². The lowest BCUT2D eigenvalue weighted by atomic mass is 10.2. The van der Waals surface area contributed by atoms with Gasteiger partial charge in [0.05, 0.1) is 4.90 Å². The van der Waals surface area contributed by atoms with Gasteiger partial charge in [-0.1, -0.05) is 12.1 Å². The average Bonchev–Trinajstić information content (AvgIpc) is 2.31. The highest BCUT2D eigenvalue weighted by atomic mass is 32.2. The van der Waals surface area contributed by atoms with Gasteiger partial charge in [-0.2, -0.15) is 4.72 Å². The maximum absolute atomic E-state index is 13.3. The Labute approximate surface area is 110 Å². The zero-order chi connectivity index (χ0) is 14.6. The van der Waals surface area contributed by atoms with Crippen molar-refractivity contribution < 1.29 is 22.7 Å². The highest BCUT2D eigenvalue weighted by Crippen LogP contribution is 2.15. The molecular formula is C12H14FNO4S. The van der Waals surface area contributed by atoms with Gasteiger partial charge in [-0.3, -0.25) is 4.79 Å². The standard InChI is InChI=1S/C12H14FNO4S/c1-3-4-11(12(15)16)14-19(17,18)9-6-5-8(2)10(13)7-9/h3,5-7,11,14H,1,4H2,2H3,(H,15,16). The van der Waals surface area contributed by atoms with Crippen LogP contribution in [0.15, 0.2) is 35.7 Å². The first kappa shape index (κ1) is 15.3. The molecular weight excluding hydrogens is 273 g/mol. The van der Waals surface area contributed by atoms with Crippen molar-refractivity contribution >= 4 is 16.0 Å². The molecule has 1 unspecified atom stereocenters. The second-order valence-electron chi connectivity index (χ2n) is 3.95. The van der Waals surface area contributed by atoms with E-state index in [4.69, 9.17) is 5.11 Å². The van der Waals surface area contributed by atoms with Gasteiger partial charge in [-0.05, 0) is 31.0 Å². The SMILES string of the molecule is C=CCC(NS(=O)(=O)c1ccc(C)c(F)c1)C(=O)O. The van der Waals surface area contributed by atoms with Gasteiger partial charge in [0.1, 0.15) is 11.9 Å². The van der Waals surface area contributed by atoms with Gasteiger partial charge in [0, 0.05) is 0 Å². The van der Waals surface area contributed by atoms with Gasteiger partial charge in [-0.25, -0.2) is 12.8 Å². The Bertz CT molecular complexity index is 598. The number of aryl methyl sites for hydroxylation is 1. The van der Waals surface area contributed by atoms with Gasteiger partial charge in [0.25, 0.3) is 0 Å². The third-order valence-electron chi connectivity index (χ3n) is 2.45. The fourth-order valence-corrected chi connectivity index (χ4v) is 2.58. The number of carboxylic acid groups (broad SMARTS) is 1. The molecule has 0 amide bonds. The summed E-state index contributed by atoms with van der Waals surface area (Å²) in [7, 11) is -4.08. The fraction of sp³-hybridized carbons (Fsp3) is 0.250. The van der Waals surface area contributed by atoms with Crippen molar-refractivity contribution in [2.45, 2.75) is 24.3 Å². The van der Waals surface area contributed by atoms with Crippen LogP contribution < -0.4 is 4.72 Å². The van der Waals surface area contributed by atoms with Gasteiger partial charge in [-0.15, -0.1) is 6.58 Å². The second kappa shape index (κ2) is 5.94. The Morgan fingerprint density at radius 3 is 2.68 bits per heavy atom. The number of hydrogen-bond donors (Lipinski definition) is 2. The number of carboxylic acids is 1. The van der Waals surface area contributed by atoms with Crippen LogP contribution in [0.5, 0.6) is 0 Å². The molecule has 0 saturated carbocycles. The molecule has 0 heterocycles. The Morgan fingerprint density at radius 1 is 1.58 bits per heavy atom. The van der Waals surface area contributed by atoms with Crippen LogP contribution in [0.25, 0.3) is 0 Å². The molecule has 2 N–H and O–H groups in total. The fourth-order valence-electron chi connectivity index (χ4n) is 1.36. The summed E-state index contributed by atoms with van der Waals surface area (Å²) in [4.78, 5) is 10.6. The van der Waals surface area contributed by atoms with Gasteiger partial charge >= 0.3 is 5.97 Å². The van der Waals surface area contributed by atoms with Crippen LogP contribution in [0.4, 0.5) is 4.39 Å². The van der Waals surface area contributed by atoms with Gasteiger partial charge in [0.15, 0.2) is 0 Å². The maximum Gasteiger partial charge on any atom is 0.322 e. The summed E-state index contributed by atoms with van der Waals surface area (Å²) in [6.45, 7) is 4.85. The summed E-state index contributed by atoms with van der Waals surface area (Å²) in [6, 6.07) is 2.05. The number of hydrogen-bond acceptors (Lipinski definition) is 3. The molecule has 19 heavy (non-hydrogen) atoms. The molecule has 0 aromatic heterocycles. The van der Waals surface area contributed by atoms with Gasteiger partial charge < -0.3 is 5.11 Å². The summed E-state index contributed by atoms with van der Waals surface area (Å²) >= 11 is 0. The molecule has 1 aromatic carbocycles. The minimum Gasteiger partial charge on any atom is -0.480 e. The molecule has 1 rings (SSSR count). The molecule has 0 saturated heterocycles. The number of aliphatic carboxylic acids is 1. The van der Waals surface area contributed by atoms with Crippen molar-refractivity contribution in [3.05, 3.63) is 42.2 Å². The van der Waals surface area contributed by atoms with E-state index in [1.165, 1.54) is 25.1 Å². The summed E-state index contributed by atoms with van der Waals surface area (Å²) in [5.74, 6) is -1.99. The monoisotopic (exact) mass is 287 g/mol. The lowest BCUT2D eigenvalue weighted by molar-refractivity contribution is -0.138. The lowest BCUT2D eigenvalue weighted by Crippen LogP contribution is -2.40. The third-order valence-corrected chi connectivity index (χ3v) is 3.92. The number of nitrogens with one attached hydrogen (secondary N) is 1. The predicted octanol–water partition coefficient (Wildman–Crippen LogP) is 1.44. The average molecular weight is 287 g/mol. The summed E-state index contributed by atoms with van der Waals surface area (Å²) in [6.07, 6.45) is 1.22. The van der Waals surface area contributed by atoms with Crippen molar-refractivity contribution in [3.63, 3.8) is 0 Å². The smallest absolute Gasteiger partial charge is 0.322 e. The largest absolute Gasteiger partial charge is 0.480 e. The highest BCUT2D eigenvalue weighted by molar-refractivity contribution is 7.89. The molecule has 5 nitrogen and oxygen atoms in total. The maximum atomic E-state index is 13.3. The Hall–Kier alpha value is -1.73. The summed E-state index contributed by atoms with van der Waals surface area (Å²) < 4.78 is 39.1. The van der Waals surface area contributed by atoms with E-state index >= 15 is 0 Å². The first-order valence-electron chi connectivity index (χ1n) is 5.40. The van der Waals surface area contributed by atoms with E-state index in [0.29, 0.717) is 5.56 Å². The normalized spacial score (nSPS) is 12.9. The molecule has 0 spiro atoms. The molecule has 0 fully saturated rings. The Kier molecular flexibility index (Phi) is 4.79. The molecule has 0 aliphatic rings. The van der Waals surface area contributed by atoms with E-state index in [-0.39, 0.29) is 11.3 Å². The molecule has 0 radical (unpaired) electrons. The minimum absolute atomic E-state index is 0.0666. The minimum atomic E-state index is -4.08. The van der Waals surface area contributed by atoms with Gasteiger partial charge in [0.2, 0.25) is 10.0 Å². The van der Waals surface area contributed by atoms with Crippen LogP contribution in [0, 0.1) is 12.7 Å². The molecule has 1 atom stereocenters. The van der Waals surface area contributed by atoms with E-state index in [1.807, 2.05) is 4.72 Å². The number of halogens is 1.